The molecule has 0 N–H and O–H groups in total. The minimum absolute atomic E-state index is 0.688. The molecule has 238 valence electrons. The van der Waals surface area contributed by atoms with Crippen molar-refractivity contribution < 1.29 is 0 Å². The van der Waals surface area contributed by atoms with Crippen LogP contribution in [0.25, 0.3) is 97.9 Å². The smallest absolute Gasteiger partial charge is 0.160 e. The molecule has 0 amide bonds. The number of thiophene rings is 1. The van der Waals surface area contributed by atoms with E-state index in [-0.39, 0.29) is 0 Å². The molecule has 0 aliphatic rings. The largest absolute Gasteiger partial charge is 0.264 e. The number of pyridine rings is 1. The Hall–Kier alpha value is -6.49. The molecular formula is C47H29N3S. The molecule has 0 bridgehead atoms. The van der Waals surface area contributed by atoms with Gasteiger partial charge in [0.15, 0.2) is 5.82 Å². The Morgan fingerprint density at radius 2 is 1.04 bits per heavy atom. The van der Waals surface area contributed by atoms with Crippen LogP contribution in [0.5, 0.6) is 0 Å². The molecule has 0 aliphatic heterocycles. The van der Waals surface area contributed by atoms with Crippen LogP contribution in [0.3, 0.4) is 0 Å². The van der Waals surface area contributed by atoms with Crippen LogP contribution in [0.2, 0.25) is 0 Å². The van der Waals surface area contributed by atoms with Gasteiger partial charge in [-0.3, -0.25) is 4.98 Å². The predicted molar refractivity (Wildman–Crippen MR) is 215 cm³/mol. The zero-order valence-corrected chi connectivity index (χ0v) is 28.3. The van der Waals surface area contributed by atoms with Gasteiger partial charge in [0.1, 0.15) is 0 Å². The summed E-state index contributed by atoms with van der Waals surface area (Å²) < 4.78 is 2.57. The van der Waals surface area contributed by atoms with E-state index >= 15 is 0 Å². The molecule has 10 rings (SSSR count). The summed E-state index contributed by atoms with van der Waals surface area (Å²) in [6, 6.07) is 58.4. The van der Waals surface area contributed by atoms with Crippen LogP contribution in [-0.4, -0.2) is 15.0 Å². The average molecular weight is 668 g/mol. The molecule has 3 aromatic heterocycles. The second kappa shape index (κ2) is 12.1. The number of hydrogen-bond acceptors (Lipinski definition) is 4. The normalized spacial score (nSPS) is 11.5. The zero-order valence-electron chi connectivity index (χ0n) is 27.5. The third-order valence-corrected chi connectivity index (χ3v) is 10.9. The van der Waals surface area contributed by atoms with Crippen molar-refractivity contribution in [3.8, 4) is 56.2 Å². The topological polar surface area (TPSA) is 38.7 Å². The Morgan fingerprint density at radius 1 is 0.373 bits per heavy atom. The number of nitrogens with zero attached hydrogens (tertiary/aromatic N) is 3. The second-order valence-electron chi connectivity index (χ2n) is 12.9. The molecule has 0 spiro atoms. The highest BCUT2D eigenvalue weighted by Gasteiger charge is 2.15. The van der Waals surface area contributed by atoms with Gasteiger partial charge in [-0.2, -0.15) is 0 Å². The minimum atomic E-state index is 0.688. The zero-order chi connectivity index (χ0) is 33.7. The summed E-state index contributed by atoms with van der Waals surface area (Å²) in [4.78, 5) is 14.8. The van der Waals surface area contributed by atoms with Crippen LogP contribution in [0.4, 0.5) is 0 Å². The van der Waals surface area contributed by atoms with E-state index in [1.807, 2.05) is 23.6 Å². The van der Waals surface area contributed by atoms with Gasteiger partial charge in [-0.15, -0.1) is 11.3 Å². The van der Waals surface area contributed by atoms with Crippen LogP contribution >= 0.6 is 11.3 Å². The van der Waals surface area contributed by atoms with Gasteiger partial charge >= 0.3 is 0 Å². The Kier molecular flexibility index (Phi) is 7.00. The van der Waals surface area contributed by atoms with Crippen molar-refractivity contribution in [1.82, 2.24) is 15.0 Å². The lowest BCUT2D eigenvalue weighted by atomic mass is 9.93. The first-order valence-electron chi connectivity index (χ1n) is 17.1. The molecule has 51 heavy (non-hydrogen) atoms. The van der Waals surface area contributed by atoms with Crippen molar-refractivity contribution in [2.45, 2.75) is 0 Å². The summed E-state index contributed by atoms with van der Waals surface area (Å²) in [6.07, 6.45) is 3.69. The van der Waals surface area contributed by atoms with Crippen molar-refractivity contribution in [3.05, 3.63) is 176 Å². The third-order valence-electron chi connectivity index (χ3n) is 9.77. The van der Waals surface area contributed by atoms with E-state index in [2.05, 4.69) is 163 Å². The summed E-state index contributed by atoms with van der Waals surface area (Å²) in [5.74, 6) is 0.688. The SMILES string of the molecule is c1cncc(-c2cccc(-c3nc(-c4ccc(-c5cc6ccccc6c6ccccc56)cc4)cc(-c4ccc5sc6ccccc6c5c4)n3)c2)c1. The van der Waals surface area contributed by atoms with Gasteiger partial charge in [0.25, 0.3) is 0 Å². The molecule has 0 saturated carbocycles. The highest BCUT2D eigenvalue weighted by Crippen LogP contribution is 2.39. The Bertz CT molecular complexity index is 2910. The van der Waals surface area contributed by atoms with Gasteiger partial charge < -0.3 is 0 Å². The number of benzene rings is 7. The fourth-order valence-electron chi connectivity index (χ4n) is 7.24. The maximum Gasteiger partial charge on any atom is 0.160 e. The van der Waals surface area contributed by atoms with Crippen LogP contribution in [0, 0.1) is 0 Å². The molecule has 4 heteroatoms. The van der Waals surface area contributed by atoms with Gasteiger partial charge in [-0.25, -0.2) is 9.97 Å². The Balaban J connectivity index is 1.12. The Morgan fingerprint density at radius 3 is 1.88 bits per heavy atom. The maximum absolute atomic E-state index is 5.21. The van der Waals surface area contributed by atoms with Crippen molar-refractivity contribution >= 4 is 53.1 Å². The van der Waals surface area contributed by atoms with Crippen LogP contribution in [0.15, 0.2) is 176 Å². The van der Waals surface area contributed by atoms with Gasteiger partial charge in [-0.05, 0) is 80.7 Å². The van der Waals surface area contributed by atoms with E-state index in [9.17, 15) is 0 Å². The minimum Gasteiger partial charge on any atom is -0.264 e. The first-order chi connectivity index (χ1) is 25.2. The summed E-state index contributed by atoms with van der Waals surface area (Å²) in [5.41, 5.74) is 9.38. The fourth-order valence-corrected chi connectivity index (χ4v) is 8.33. The van der Waals surface area contributed by atoms with E-state index in [1.165, 1.54) is 52.8 Å². The molecule has 0 unspecified atom stereocenters. The summed E-state index contributed by atoms with van der Waals surface area (Å²) >= 11 is 1.83. The number of aromatic nitrogens is 3. The van der Waals surface area contributed by atoms with Crippen molar-refractivity contribution in [3.63, 3.8) is 0 Å². The lowest BCUT2D eigenvalue weighted by Gasteiger charge is -2.13. The first-order valence-corrected chi connectivity index (χ1v) is 17.9. The molecule has 7 aromatic carbocycles. The first kappa shape index (κ1) is 29.4. The molecule has 3 nitrogen and oxygen atoms in total. The van der Waals surface area contributed by atoms with Gasteiger partial charge in [0.2, 0.25) is 0 Å². The second-order valence-corrected chi connectivity index (χ2v) is 13.9. The monoisotopic (exact) mass is 667 g/mol. The van der Waals surface area contributed by atoms with E-state index in [0.717, 1.165) is 39.2 Å². The number of rotatable bonds is 5. The van der Waals surface area contributed by atoms with E-state index in [1.54, 1.807) is 6.20 Å². The summed E-state index contributed by atoms with van der Waals surface area (Å²) in [7, 11) is 0. The molecule has 0 aliphatic carbocycles. The molecule has 0 atom stereocenters. The fraction of sp³-hybridized carbons (Fsp3) is 0. The van der Waals surface area contributed by atoms with E-state index in [4.69, 9.17) is 9.97 Å². The number of hydrogen-bond donors (Lipinski definition) is 0. The highest BCUT2D eigenvalue weighted by molar-refractivity contribution is 7.25. The van der Waals surface area contributed by atoms with Crippen LogP contribution < -0.4 is 0 Å². The average Bonchev–Trinajstić information content (AvgIpc) is 3.59. The van der Waals surface area contributed by atoms with Crippen LogP contribution in [0.1, 0.15) is 0 Å². The van der Waals surface area contributed by atoms with Gasteiger partial charge in [0, 0.05) is 54.8 Å². The van der Waals surface area contributed by atoms with E-state index < -0.39 is 0 Å². The summed E-state index contributed by atoms with van der Waals surface area (Å²) in [5, 5.41) is 7.55. The standard InChI is InChI=1S/C47H29N3S/c1-2-13-37-33(9-1)26-41(39-15-4-3-14-38(37)39)30-18-20-31(21-19-30)43-28-44(34-22-23-46-42(27-34)40-16-5-6-17-45(40)51-46)50-47(49-43)35-11-7-10-32(25-35)36-12-8-24-48-29-36/h1-29H. The van der Waals surface area contributed by atoms with Gasteiger partial charge in [-0.1, -0.05) is 121 Å². The third kappa shape index (κ3) is 5.25. The number of fused-ring (bicyclic) bond motifs is 6. The molecule has 10 aromatic rings. The molecule has 3 heterocycles. The van der Waals surface area contributed by atoms with Gasteiger partial charge in [0.05, 0.1) is 11.4 Å². The van der Waals surface area contributed by atoms with Crippen molar-refractivity contribution in [2.75, 3.05) is 0 Å². The molecule has 0 radical (unpaired) electrons. The summed E-state index contributed by atoms with van der Waals surface area (Å²) in [6.45, 7) is 0. The molecule has 0 saturated heterocycles. The van der Waals surface area contributed by atoms with Crippen LogP contribution in [-0.2, 0) is 0 Å². The predicted octanol–water partition coefficient (Wildman–Crippen LogP) is 12.9. The quantitative estimate of drug-likeness (QED) is 0.171. The lowest BCUT2D eigenvalue weighted by Crippen LogP contribution is -1.96. The van der Waals surface area contributed by atoms with E-state index in [0.29, 0.717) is 5.82 Å². The maximum atomic E-state index is 5.21. The molecular weight excluding hydrogens is 639 g/mol. The Labute approximate surface area is 299 Å². The van der Waals surface area contributed by atoms with Crippen molar-refractivity contribution in [2.24, 2.45) is 0 Å². The molecule has 0 fully saturated rings. The lowest BCUT2D eigenvalue weighted by molar-refractivity contribution is 1.18. The van der Waals surface area contributed by atoms with Crippen molar-refractivity contribution in [1.29, 1.82) is 0 Å². The highest BCUT2D eigenvalue weighted by atomic mass is 32.1.